The Morgan fingerprint density at radius 1 is 1.24 bits per heavy atom. The summed E-state index contributed by atoms with van der Waals surface area (Å²) in [5, 5.41) is 11.3. The van der Waals surface area contributed by atoms with Crippen molar-refractivity contribution in [2.75, 3.05) is 6.61 Å². The van der Waals surface area contributed by atoms with Crippen LogP contribution in [0.4, 0.5) is 4.39 Å². The van der Waals surface area contributed by atoms with Gasteiger partial charge in [0.1, 0.15) is 5.67 Å². The minimum atomic E-state index is -1.73. The molecule has 2 N–H and O–H groups in total. The molecule has 2 atom stereocenters. The molecule has 1 unspecified atom stereocenters. The summed E-state index contributed by atoms with van der Waals surface area (Å²) in [6.45, 7) is 1.84. The zero-order valence-electron chi connectivity index (χ0n) is 16.4. The first-order valence-electron chi connectivity index (χ1n) is 9.62. The predicted octanol–water partition coefficient (Wildman–Crippen LogP) is 3.43. The maximum absolute atomic E-state index is 15.4. The van der Waals surface area contributed by atoms with Crippen molar-refractivity contribution in [2.45, 2.75) is 50.7 Å². The van der Waals surface area contributed by atoms with Gasteiger partial charge >= 0.3 is 11.9 Å². The first kappa shape index (κ1) is 22.3. The van der Waals surface area contributed by atoms with Crippen LogP contribution in [0.15, 0.2) is 48.6 Å². The molecular weight excluding hydrogens is 377 g/mol. The lowest BCUT2D eigenvalue weighted by molar-refractivity contribution is -0.144. The average molecular weight is 403 g/mol. The molecule has 1 aromatic rings. The molecule has 1 amide bonds. The van der Waals surface area contributed by atoms with Gasteiger partial charge in [-0.1, -0.05) is 42.5 Å². The molecule has 6 nitrogen and oxygen atoms in total. The third-order valence-corrected chi connectivity index (χ3v) is 4.57. The van der Waals surface area contributed by atoms with Gasteiger partial charge in [-0.2, -0.15) is 0 Å². The third-order valence-electron chi connectivity index (χ3n) is 4.57. The van der Waals surface area contributed by atoms with E-state index in [0.717, 1.165) is 11.1 Å². The second-order valence-corrected chi connectivity index (χ2v) is 6.97. The highest BCUT2D eigenvalue weighted by Gasteiger charge is 2.33. The summed E-state index contributed by atoms with van der Waals surface area (Å²) in [6.07, 6.45) is 4.20. The van der Waals surface area contributed by atoms with E-state index in [9.17, 15) is 14.4 Å². The van der Waals surface area contributed by atoms with Crippen molar-refractivity contribution in [3.8, 4) is 0 Å². The van der Waals surface area contributed by atoms with Crippen LogP contribution >= 0.6 is 0 Å². The van der Waals surface area contributed by atoms with Crippen molar-refractivity contribution in [2.24, 2.45) is 0 Å². The van der Waals surface area contributed by atoms with Crippen molar-refractivity contribution in [1.29, 1.82) is 0 Å². The molecule has 0 heterocycles. The Morgan fingerprint density at radius 2 is 1.97 bits per heavy atom. The van der Waals surface area contributed by atoms with E-state index in [1.807, 2.05) is 30.3 Å². The number of esters is 1. The van der Waals surface area contributed by atoms with Crippen molar-refractivity contribution < 1.29 is 28.6 Å². The number of aliphatic carboxylic acids is 1. The summed E-state index contributed by atoms with van der Waals surface area (Å²) in [7, 11) is 0. The van der Waals surface area contributed by atoms with Crippen LogP contribution in [0.3, 0.4) is 0 Å². The molecule has 0 aliphatic heterocycles. The Balaban J connectivity index is 2.04. The number of carbonyl (C=O) groups excluding carboxylic acids is 2. The van der Waals surface area contributed by atoms with Gasteiger partial charge in [0, 0.05) is 25.3 Å². The lowest BCUT2D eigenvalue weighted by Gasteiger charge is -2.29. The number of hydrogen-bond acceptors (Lipinski definition) is 4. The highest BCUT2D eigenvalue weighted by Crippen LogP contribution is 2.33. The van der Waals surface area contributed by atoms with Gasteiger partial charge in [-0.05, 0) is 24.1 Å². The summed E-state index contributed by atoms with van der Waals surface area (Å²) >= 11 is 0. The Hall–Kier alpha value is -2.96. The second kappa shape index (κ2) is 10.5. The number of benzene rings is 1. The smallest absolute Gasteiger partial charge is 0.307 e. The number of hydrogen-bond donors (Lipinski definition) is 2. The summed E-state index contributed by atoms with van der Waals surface area (Å²) < 4.78 is 20.3. The highest BCUT2D eigenvalue weighted by atomic mass is 19.1. The summed E-state index contributed by atoms with van der Waals surface area (Å²) in [5.41, 5.74) is 0.164. The fourth-order valence-corrected chi connectivity index (χ4v) is 3.18. The van der Waals surface area contributed by atoms with Gasteiger partial charge in [-0.3, -0.25) is 14.4 Å². The molecule has 0 aromatic heterocycles. The second-order valence-electron chi connectivity index (χ2n) is 6.97. The van der Waals surface area contributed by atoms with E-state index in [1.54, 1.807) is 19.1 Å². The molecule has 29 heavy (non-hydrogen) atoms. The van der Waals surface area contributed by atoms with E-state index in [1.165, 1.54) is 6.08 Å². The Bertz CT molecular complexity index is 790. The molecule has 1 aromatic carbocycles. The van der Waals surface area contributed by atoms with Gasteiger partial charge in [0.15, 0.2) is 0 Å². The van der Waals surface area contributed by atoms with Gasteiger partial charge in [0.2, 0.25) is 5.91 Å². The van der Waals surface area contributed by atoms with E-state index < -0.39 is 29.6 Å². The molecule has 1 aliphatic rings. The average Bonchev–Trinajstić information content (AvgIpc) is 2.67. The van der Waals surface area contributed by atoms with Gasteiger partial charge in [0.25, 0.3) is 0 Å². The van der Waals surface area contributed by atoms with Crippen LogP contribution in [0.5, 0.6) is 0 Å². The van der Waals surface area contributed by atoms with E-state index in [4.69, 9.17) is 9.84 Å². The first-order valence-corrected chi connectivity index (χ1v) is 9.62. The molecule has 2 rings (SSSR count). The molecule has 0 radical (unpaired) electrons. The van der Waals surface area contributed by atoms with Crippen LogP contribution in [0.1, 0.15) is 44.6 Å². The van der Waals surface area contributed by atoms with Crippen LogP contribution in [-0.2, 0) is 19.1 Å². The van der Waals surface area contributed by atoms with Crippen molar-refractivity contribution in [1.82, 2.24) is 5.32 Å². The van der Waals surface area contributed by atoms with Crippen molar-refractivity contribution in [3.05, 3.63) is 54.1 Å². The van der Waals surface area contributed by atoms with Crippen LogP contribution in [0, 0.1) is 0 Å². The number of allylic oxidation sites excluding steroid dienone is 4. The van der Waals surface area contributed by atoms with E-state index in [0.29, 0.717) is 0 Å². The molecule has 0 bridgehead atoms. The van der Waals surface area contributed by atoms with Crippen LogP contribution in [-0.4, -0.2) is 41.3 Å². The fraction of sp³-hybridized carbons (Fsp3) is 0.409. The topological polar surface area (TPSA) is 92.7 Å². The fourth-order valence-electron chi connectivity index (χ4n) is 3.18. The van der Waals surface area contributed by atoms with Crippen LogP contribution in [0.25, 0.3) is 5.57 Å². The Morgan fingerprint density at radius 3 is 2.55 bits per heavy atom. The number of ether oxygens (including phenoxy) is 1. The molecular formula is C22H26FNO5. The third kappa shape index (κ3) is 7.52. The van der Waals surface area contributed by atoms with E-state index in [2.05, 4.69) is 5.32 Å². The molecule has 0 spiro atoms. The quantitative estimate of drug-likeness (QED) is 0.584. The van der Waals surface area contributed by atoms with Crippen LogP contribution in [0.2, 0.25) is 0 Å². The van der Waals surface area contributed by atoms with E-state index >= 15 is 4.39 Å². The van der Waals surface area contributed by atoms with Crippen LogP contribution < -0.4 is 5.32 Å². The molecule has 1 aliphatic carbocycles. The van der Waals surface area contributed by atoms with Gasteiger partial charge in [-0.25, -0.2) is 4.39 Å². The number of carboxylic acid groups (broad SMARTS) is 1. The number of carboxylic acids is 1. The lowest BCUT2D eigenvalue weighted by atomic mass is 9.85. The minimum Gasteiger partial charge on any atom is -0.481 e. The number of nitrogens with one attached hydrogen (secondary N) is 1. The number of alkyl halides is 1. The predicted molar refractivity (Wildman–Crippen MR) is 107 cm³/mol. The minimum absolute atomic E-state index is 0.109. The molecule has 7 heteroatoms. The summed E-state index contributed by atoms with van der Waals surface area (Å²) in [6, 6.07) is 8.80. The normalized spacial score (nSPS) is 19.2. The zero-order chi connectivity index (χ0) is 21.3. The molecule has 156 valence electrons. The standard InChI is InChI=1S/C22H26FNO5/c1-2-29-21(28)14-18(24-19(25)8-9-20(26)27)15-22(23)12-10-17(11-13-22)16-6-4-3-5-7-16/h3-7,10-12,18H,2,8-9,13-15H2,1H3,(H,24,25)(H,26,27)/t18-,22?/m1/s1. The van der Waals surface area contributed by atoms with Crippen molar-refractivity contribution in [3.63, 3.8) is 0 Å². The van der Waals surface area contributed by atoms with E-state index in [-0.39, 0.29) is 38.7 Å². The number of carbonyl (C=O) groups is 3. The van der Waals surface area contributed by atoms with Gasteiger partial charge in [0.05, 0.1) is 19.4 Å². The maximum atomic E-state index is 15.4. The SMILES string of the molecule is CCOC(=O)C[C@H](CC1(F)C=CC(c2ccccc2)=CC1)NC(=O)CCC(=O)O. The number of halogens is 1. The van der Waals surface area contributed by atoms with Crippen molar-refractivity contribution >= 4 is 23.4 Å². The monoisotopic (exact) mass is 403 g/mol. The first-order chi connectivity index (χ1) is 13.8. The largest absolute Gasteiger partial charge is 0.481 e. The number of rotatable bonds is 10. The maximum Gasteiger partial charge on any atom is 0.307 e. The van der Waals surface area contributed by atoms with Gasteiger partial charge < -0.3 is 15.2 Å². The summed E-state index contributed by atoms with van der Waals surface area (Å²) in [4.78, 5) is 34.5. The highest BCUT2D eigenvalue weighted by molar-refractivity contribution is 5.81. The zero-order valence-corrected chi connectivity index (χ0v) is 16.4. The Labute approximate surface area is 169 Å². The summed E-state index contributed by atoms with van der Waals surface area (Å²) in [5.74, 6) is -2.18. The molecule has 0 saturated carbocycles. The molecule has 0 fully saturated rings. The van der Waals surface area contributed by atoms with Gasteiger partial charge in [-0.15, -0.1) is 0 Å². The molecule has 0 saturated heterocycles. The Kier molecular flexibility index (Phi) is 8.12. The lowest BCUT2D eigenvalue weighted by Crippen LogP contribution is -2.42. The number of amides is 1.